The number of methoxy groups -OCH3 is 1. The number of imidazole rings is 1. The van der Waals surface area contributed by atoms with Crippen LogP contribution in [0.1, 0.15) is 32.2 Å². The number of ether oxygens (including phenoxy) is 1. The molecule has 0 radical (unpaired) electrons. The highest BCUT2D eigenvalue weighted by molar-refractivity contribution is 9.10. The second-order valence-corrected chi connectivity index (χ2v) is 6.89. The van der Waals surface area contributed by atoms with Crippen LogP contribution in [0.2, 0.25) is 0 Å². The number of nitrogens with zero attached hydrogens (tertiary/aromatic N) is 2. The lowest BCUT2D eigenvalue weighted by Gasteiger charge is -2.20. The SMILES string of the molecule is COc1ccc(Br)c(Cn2ccnc2CNC(C)(C)C)c1. The Morgan fingerprint density at radius 3 is 2.76 bits per heavy atom. The highest BCUT2D eigenvalue weighted by Gasteiger charge is 2.12. The van der Waals surface area contributed by atoms with Crippen molar-refractivity contribution in [3.05, 3.63) is 46.5 Å². The van der Waals surface area contributed by atoms with Crippen molar-refractivity contribution in [2.45, 2.75) is 39.4 Å². The molecule has 0 atom stereocenters. The molecule has 1 N–H and O–H groups in total. The lowest BCUT2D eigenvalue weighted by Crippen LogP contribution is -2.36. The Morgan fingerprint density at radius 1 is 1.33 bits per heavy atom. The van der Waals surface area contributed by atoms with Gasteiger partial charge in [-0.2, -0.15) is 0 Å². The summed E-state index contributed by atoms with van der Waals surface area (Å²) in [7, 11) is 1.68. The van der Waals surface area contributed by atoms with Crippen LogP contribution < -0.4 is 10.1 Å². The fourth-order valence-electron chi connectivity index (χ4n) is 1.98. The molecule has 1 aromatic carbocycles. The van der Waals surface area contributed by atoms with Crippen LogP contribution in [0.3, 0.4) is 0 Å². The quantitative estimate of drug-likeness (QED) is 0.894. The summed E-state index contributed by atoms with van der Waals surface area (Å²) in [6, 6.07) is 6.01. The third-order valence-corrected chi connectivity index (χ3v) is 3.95. The van der Waals surface area contributed by atoms with E-state index >= 15 is 0 Å². The number of aromatic nitrogens is 2. The average Bonchev–Trinajstić information content (AvgIpc) is 2.85. The molecule has 4 nitrogen and oxygen atoms in total. The molecule has 5 heteroatoms. The van der Waals surface area contributed by atoms with Gasteiger partial charge in [-0.25, -0.2) is 4.98 Å². The molecule has 114 valence electrons. The smallest absolute Gasteiger partial charge is 0.122 e. The minimum atomic E-state index is 0.0767. The molecule has 0 unspecified atom stereocenters. The summed E-state index contributed by atoms with van der Waals surface area (Å²) < 4.78 is 8.52. The fraction of sp³-hybridized carbons (Fsp3) is 0.438. The van der Waals surface area contributed by atoms with Crippen molar-refractivity contribution in [3.63, 3.8) is 0 Å². The Bertz CT molecular complexity index is 602. The normalized spacial score (nSPS) is 11.7. The molecule has 2 aromatic rings. The summed E-state index contributed by atoms with van der Waals surface area (Å²) in [6.07, 6.45) is 3.85. The van der Waals surface area contributed by atoms with Gasteiger partial charge in [0, 0.05) is 22.4 Å². The standard InChI is InChI=1S/C16H22BrN3O/c1-16(2,3)19-10-15-18-7-8-20(15)11-12-9-13(21-4)5-6-14(12)17/h5-9,19H,10-11H2,1-4H3. The van der Waals surface area contributed by atoms with Gasteiger partial charge in [-0.3, -0.25) is 0 Å². The van der Waals surface area contributed by atoms with Gasteiger partial charge in [-0.05, 0) is 44.5 Å². The Labute approximate surface area is 134 Å². The molecular weight excluding hydrogens is 330 g/mol. The molecule has 0 aliphatic heterocycles. The molecule has 0 spiro atoms. The van der Waals surface area contributed by atoms with Crippen LogP contribution in [-0.4, -0.2) is 22.2 Å². The van der Waals surface area contributed by atoms with E-state index in [0.29, 0.717) is 0 Å². The van der Waals surface area contributed by atoms with Crippen LogP contribution in [0.25, 0.3) is 0 Å². The first kappa shape index (κ1) is 16.0. The Balaban J connectivity index is 2.15. The van der Waals surface area contributed by atoms with Crippen LogP contribution >= 0.6 is 15.9 Å². The molecular formula is C16H22BrN3O. The number of hydrogen-bond donors (Lipinski definition) is 1. The van der Waals surface area contributed by atoms with E-state index in [1.165, 1.54) is 5.56 Å². The topological polar surface area (TPSA) is 39.1 Å². The molecule has 1 heterocycles. The number of nitrogens with one attached hydrogen (secondary N) is 1. The van der Waals surface area contributed by atoms with Gasteiger partial charge in [-0.1, -0.05) is 15.9 Å². The Kier molecular flexibility index (Phi) is 5.06. The van der Waals surface area contributed by atoms with Gasteiger partial charge in [0.2, 0.25) is 0 Å². The maximum Gasteiger partial charge on any atom is 0.122 e. The Hall–Kier alpha value is -1.33. The largest absolute Gasteiger partial charge is 0.497 e. The van der Waals surface area contributed by atoms with Gasteiger partial charge >= 0.3 is 0 Å². The minimum Gasteiger partial charge on any atom is -0.497 e. The molecule has 0 saturated carbocycles. The lowest BCUT2D eigenvalue weighted by molar-refractivity contribution is 0.411. The monoisotopic (exact) mass is 351 g/mol. The third kappa shape index (κ3) is 4.58. The van der Waals surface area contributed by atoms with E-state index in [1.54, 1.807) is 7.11 Å². The summed E-state index contributed by atoms with van der Waals surface area (Å²) in [5.74, 6) is 1.89. The van der Waals surface area contributed by atoms with Crippen molar-refractivity contribution >= 4 is 15.9 Å². The zero-order chi connectivity index (χ0) is 15.5. The van der Waals surface area contributed by atoms with E-state index in [1.807, 2.05) is 30.6 Å². The fourth-order valence-corrected chi connectivity index (χ4v) is 2.35. The second-order valence-electron chi connectivity index (χ2n) is 6.03. The molecule has 0 aliphatic rings. The summed E-state index contributed by atoms with van der Waals surface area (Å²) in [4.78, 5) is 4.44. The third-order valence-electron chi connectivity index (χ3n) is 3.17. The van der Waals surface area contributed by atoms with Crippen LogP contribution in [0.4, 0.5) is 0 Å². The summed E-state index contributed by atoms with van der Waals surface area (Å²) in [5.41, 5.74) is 1.25. The lowest BCUT2D eigenvalue weighted by atomic mass is 10.1. The highest BCUT2D eigenvalue weighted by Crippen LogP contribution is 2.23. The first-order valence-corrected chi connectivity index (χ1v) is 7.76. The maximum absolute atomic E-state index is 5.29. The van der Waals surface area contributed by atoms with Gasteiger partial charge < -0.3 is 14.6 Å². The van der Waals surface area contributed by atoms with Crippen molar-refractivity contribution in [3.8, 4) is 5.75 Å². The van der Waals surface area contributed by atoms with E-state index in [2.05, 4.69) is 51.6 Å². The van der Waals surface area contributed by atoms with Crippen LogP contribution in [0, 0.1) is 0 Å². The second kappa shape index (κ2) is 6.62. The molecule has 21 heavy (non-hydrogen) atoms. The molecule has 2 rings (SSSR count). The molecule has 0 amide bonds. The van der Waals surface area contributed by atoms with E-state index in [4.69, 9.17) is 4.74 Å². The number of benzene rings is 1. The first-order chi connectivity index (χ1) is 9.89. The van der Waals surface area contributed by atoms with Crippen molar-refractivity contribution in [2.75, 3.05) is 7.11 Å². The van der Waals surface area contributed by atoms with E-state index in [-0.39, 0.29) is 5.54 Å². The summed E-state index contributed by atoms with van der Waals surface area (Å²) in [5, 5.41) is 3.47. The summed E-state index contributed by atoms with van der Waals surface area (Å²) in [6.45, 7) is 7.97. The Morgan fingerprint density at radius 2 is 2.10 bits per heavy atom. The van der Waals surface area contributed by atoms with Crippen molar-refractivity contribution in [1.82, 2.24) is 14.9 Å². The molecule has 0 saturated heterocycles. The van der Waals surface area contributed by atoms with E-state index in [9.17, 15) is 0 Å². The van der Waals surface area contributed by atoms with Gasteiger partial charge in [0.1, 0.15) is 11.6 Å². The predicted octanol–water partition coefficient (Wildman–Crippen LogP) is 3.59. The van der Waals surface area contributed by atoms with Gasteiger partial charge in [0.25, 0.3) is 0 Å². The maximum atomic E-state index is 5.29. The number of rotatable bonds is 5. The number of halogens is 1. The van der Waals surface area contributed by atoms with Crippen molar-refractivity contribution < 1.29 is 4.74 Å². The van der Waals surface area contributed by atoms with E-state index in [0.717, 1.165) is 29.1 Å². The molecule has 0 bridgehead atoms. The van der Waals surface area contributed by atoms with Gasteiger partial charge in [0.15, 0.2) is 0 Å². The van der Waals surface area contributed by atoms with Crippen molar-refractivity contribution in [2.24, 2.45) is 0 Å². The molecule has 1 aromatic heterocycles. The first-order valence-electron chi connectivity index (χ1n) is 6.96. The van der Waals surface area contributed by atoms with E-state index < -0.39 is 0 Å². The zero-order valence-corrected chi connectivity index (χ0v) is 14.6. The number of hydrogen-bond acceptors (Lipinski definition) is 3. The van der Waals surface area contributed by atoms with Crippen LogP contribution in [0.5, 0.6) is 5.75 Å². The average molecular weight is 352 g/mol. The van der Waals surface area contributed by atoms with Crippen molar-refractivity contribution in [1.29, 1.82) is 0 Å². The minimum absolute atomic E-state index is 0.0767. The van der Waals surface area contributed by atoms with Crippen LogP contribution in [0.15, 0.2) is 35.1 Å². The molecule has 0 aliphatic carbocycles. The van der Waals surface area contributed by atoms with Gasteiger partial charge in [0.05, 0.1) is 20.2 Å². The summed E-state index contributed by atoms with van der Waals surface area (Å²) >= 11 is 3.60. The molecule has 0 fully saturated rings. The van der Waals surface area contributed by atoms with Gasteiger partial charge in [-0.15, -0.1) is 0 Å². The predicted molar refractivity (Wildman–Crippen MR) is 88.6 cm³/mol. The zero-order valence-electron chi connectivity index (χ0n) is 13.0. The highest BCUT2D eigenvalue weighted by atomic mass is 79.9. The van der Waals surface area contributed by atoms with Crippen LogP contribution in [-0.2, 0) is 13.1 Å².